The van der Waals surface area contributed by atoms with Gasteiger partial charge in [-0.05, 0) is 92.8 Å². The predicted molar refractivity (Wildman–Crippen MR) is 93.5 cm³/mol. The molecule has 7 atom stereocenters. The smallest absolute Gasteiger partial charge is 0.00440 e. The Morgan fingerprint density at radius 2 is 1.91 bits per heavy atom. The fraction of sp³-hybridized carbons (Fsp3) is 0.905. The summed E-state index contributed by atoms with van der Waals surface area (Å²) in [5.74, 6) is 3.63. The van der Waals surface area contributed by atoms with Crippen molar-refractivity contribution in [3.63, 3.8) is 0 Å². The highest BCUT2D eigenvalue weighted by atomic mass is 14.7. The molecule has 0 aliphatic heterocycles. The molecule has 1 unspecified atom stereocenters. The van der Waals surface area contributed by atoms with Gasteiger partial charge in [0.15, 0.2) is 0 Å². The van der Waals surface area contributed by atoms with Crippen molar-refractivity contribution in [3.8, 4) is 0 Å². The van der Waals surface area contributed by atoms with Crippen LogP contribution in [-0.4, -0.2) is 6.04 Å². The van der Waals surface area contributed by atoms with Gasteiger partial charge in [-0.2, -0.15) is 0 Å². The third kappa shape index (κ3) is 1.93. The van der Waals surface area contributed by atoms with Gasteiger partial charge in [0.05, 0.1) is 0 Å². The molecule has 2 N–H and O–H groups in total. The van der Waals surface area contributed by atoms with E-state index < -0.39 is 0 Å². The van der Waals surface area contributed by atoms with Gasteiger partial charge in [0.2, 0.25) is 0 Å². The van der Waals surface area contributed by atoms with Crippen LogP contribution >= 0.6 is 0 Å². The Kier molecular flexibility index (Phi) is 3.53. The highest BCUT2D eigenvalue weighted by Crippen LogP contribution is 2.66. The van der Waals surface area contributed by atoms with Gasteiger partial charge in [0.25, 0.3) is 0 Å². The molecular formula is C21H35N. The molecule has 1 nitrogen and oxygen atoms in total. The van der Waals surface area contributed by atoms with E-state index in [4.69, 9.17) is 5.73 Å². The fourth-order valence-electron chi connectivity index (χ4n) is 7.60. The van der Waals surface area contributed by atoms with Gasteiger partial charge in [0, 0.05) is 6.04 Å². The molecule has 0 aromatic rings. The van der Waals surface area contributed by atoms with E-state index >= 15 is 0 Å². The maximum atomic E-state index is 6.38. The summed E-state index contributed by atoms with van der Waals surface area (Å²) < 4.78 is 0. The second kappa shape index (κ2) is 5.10. The minimum absolute atomic E-state index is 0.381. The second-order valence-electron chi connectivity index (χ2n) is 9.55. The van der Waals surface area contributed by atoms with E-state index in [1.54, 1.807) is 0 Å². The summed E-state index contributed by atoms with van der Waals surface area (Å²) >= 11 is 0. The van der Waals surface area contributed by atoms with Crippen LogP contribution < -0.4 is 5.73 Å². The Morgan fingerprint density at radius 1 is 1.09 bits per heavy atom. The van der Waals surface area contributed by atoms with Crippen molar-refractivity contribution in [2.45, 2.75) is 84.6 Å². The second-order valence-corrected chi connectivity index (χ2v) is 9.55. The number of fused-ring (bicyclic) bond motifs is 5. The van der Waals surface area contributed by atoms with Gasteiger partial charge in [-0.15, -0.1) is 0 Å². The molecule has 4 rings (SSSR count). The first-order valence-electron chi connectivity index (χ1n) is 9.92. The maximum absolute atomic E-state index is 6.38. The van der Waals surface area contributed by atoms with Gasteiger partial charge in [0.1, 0.15) is 0 Å². The fourth-order valence-corrected chi connectivity index (χ4v) is 7.60. The monoisotopic (exact) mass is 301 g/mol. The van der Waals surface area contributed by atoms with Crippen LogP contribution in [0.25, 0.3) is 0 Å². The molecule has 22 heavy (non-hydrogen) atoms. The molecule has 0 aromatic heterocycles. The highest BCUT2D eigenvalue weighted by molar-refractivity contribution is 5.24. The summed E-state index contributed by atoms with van der Waals surface area (Å²) in [7, 11) is 0. The van der Waals surface area contributed by atoms with Gasteiger partial charge in [-0.25, -0.2) is 0 Å². The van der Waals surface area contributed by atoms with Crippen LogP contribution in [-0.2, 0) is 0 Å². The number of rotatable bonds is 1. The normalized spacial score (nSPS) is 52.3. The molecule has 0 heterocycles. The molecular weight excluding hydrogens is 266 g/mol. The van der Waals surface area contributed by atoms with E-state index in [9.17, 15) is 0 Å². The van der Waals surface area contributed by atoms with Crippen molar-refractivity contribution in [1.82, 2.24) is 0 Å². The molecule has 4 aliphatic carbocycles. The molecule has 0 saturated heterocycles. The molecule has 0 aromatic carbocycles. The van der Waals surface area contributed by atoms with Crippen molar-refractivity contribution < 1.29 is 0 Å². The largest absolute Gasteiger partial charge is 0.328 e. The lowest BCUT2D eigenvalue weighted by Crippen LogP contribution is -2.51. The zero-order valence-corrected chi connectivity index (χ0v) is 14.9. The van der Waals surface area contributed by atoms with Crippen molar-refractivity contribution in [3.05, 3.63) is 11.6 Å². The lowest BCUT2D eigenvalue weighted by Gasteiger charge is -2.58. The van der Waals surface area contributed by atoms with Crippen molar-refractivity contribution in [1.29, 1.82) is 0 Å². The SMILES string of the molecule is CC(N)[C@H]1CC[C@H]2[C@@H]3CC=C4CCCC[C@]4(C)[C@H]3CC[C@]12C. The molecule has 3 fully saturated rings. The Bertz CT molecular complexity index is 478. The number of hydrogen-bond acceptors (Lipinski definition) is 1. The van der Waals surface area contributed by atoms with E-state index in [-0.39, 0.29) is 0 Å². The Labute approximate surface area is 137 Å². The molecule has 1 heteroatoms. The van der Waals surface area contributed by atoms with Crippen LogP contribution in [0.4, 0.5) is 0 Å². The summed E-state index contributed by atoms with van der Waals surface area (Å²) in [6.45, 7) is 7.47. The highest BCUT2D eigenvalue weighted by Gasteiger charge is 2.58. The minimum atomic E-state index is 0.381. The molecule has 0 spiro atoms. The molecule has 4 aliphatic rings. The lowest BCUT2D eigenvalue weighted by molar-refractivity contribution is -0.0438. The number of allylic oxidation sites excluding steroid dienone is 2. The van der Waals surface area contributed by atoms with Crippen LogP contribution in [0, 0.1) is 34.5 Å². The Morgan fingerprint density at radius 3 is 2.68 bits per heavy atom. The van der Waals surface area contributed by atoms with Crippen LogP contribution in [0.5, 0.6) is 0 Å². The van der Waals surface area contributed by atoms with E-state index in [2.05, 4.69) is 26.8 Å². The van der Waals surface area contributed by atoms with Gasteiger partial charge in [-0.3, -0.25) is 0 Å². The van der Waals surface area contributed by atoms with Gasteiger partial charge in [-0.1, -0.05) is 31.9 Å². The summed E-state index contributed by atoms with van der Waals surface area (Å²) in [6, 6.07) is 0.381. The van der Waals surface area contributed by atoms with Crippen LogP contribution in [0.3, 0.4) is 0 Å². The molecule has 0 amide bonds. The van der Waals surface area contributed by atoms with Crippen LogP contribution in [0.15, 0.2) is 11.6 Å². The first kappa shape index (κ1) is 15.2. The topological polar surface area (TPSA) is 26.0 Å². The minimum Gasteiger partial charge on any atom is -0.328 e. The van der Waals surface area contributed by atoms with Gasteiger partial charge < -0.3 is 5.73 Å². The molecule has 3 saturated carbocycles. The first-order chi connectivity index (χ1) is 10.5. The van der Waals surface area contributed by atoms with E-state index in [0.717, 1.165) is 23.7 Å². The van der Waals surface area contributed by atoms with Crippen LogP contribution in [0.2, 0.25) is 0 Å². The average Bonchev–Trinajstić information content (AvgIpc) is 2.84. The third-order valence-corrected chi connectivity index (χ3v) is 8.73. The molecule has 0 radical (unpaired) electrons. The summed E-state index contributed by atoms with van der Waals surface area (Å²) in [6.07, 6.45) is 15.5. The Hall–Kier alpha value is -0.300. The zero-order chi connectivity index (χ0) is 15.5. The van der Waals surface area contributed by atoms with Crippen LogP contribution in [0.1, 0.15) is 78.6 Å². The summed E-state index contributed by atoms with van der Waals surface area (Å²) in [5, 5.41) is 0. The Balaban J connectivity index is 1.66. The van der Waals surface area contributed by atoms with E-state index in [0.29, 0.717) is 16.9 Å². The standard InChI is InChI=1S/C21H35N/c1-14(22)17-9-10-18-16-8-7-15-6-4-5-12-20(15,2)19(16)11-13-21(17,18)3/h7,14,16-19H,4-6,8-13,22H2,1-3H3/t14?,16-,17+,18-,19-,20-,21+/m0/s1. The summed E-state index contributed by atoms with van der Waals surface area (Å²) in [5.41, 5.74) is 9.30. The van der Waals surface area contributed by atoms with Crippen molar-refractivity contribution >= 4 is 0 Å². The zero-order valence-electron chi connectivity index (χ0n) is 14.9. The lowest BCUT2D eigenvalue weighted by atomic mass is 9.47. The quantitative estimate of drug-likeness (QED) is 0.653. The van der Waals surface area contributed by atoms with E-state index in [1.807, 2.05) is 5.57 Å². The van der Waals surface area contributed by atoms with Gasteiger partial charge >= 0.3 is 0 Å². The number of nitrogens with two attached hydrogens (primary N) is 1. The molecule has 124 valence electrons. The maximum Gasteiger partial charge on any atom is 0.00440 e. The first-order valence-corrected chi connectivity index (χ1v) is 9.92. The average molecular weight is 302 g/mol. The molecule has 0 bridgehead atoms. The summed E-state index contributed by atoms with van der Waals surface area (Å²) in [4.78, 5) is 0. The number of hydrogen-bond donors (Lipinski definition) is 1. The third-order valence-electron chi connectivity index (χ3n) is 8.73. The van der Waals surface area contributed by atoms with Crippen molar-refractivity contribution in [2.75, 3.05) is 0 Å². The predicted octanol–water partition coefficient (Wildman–Crippen LogP) is 5.30. The van der Waals surface area contributed by atoms with Crippen molar-refractivity contribution in [2.24, 2.45) is 40.2 Å². The van der Waals surface area contributed by atoms with E-state index in [1.165, 1.54) is 57.8 Å².